The molecule has 0 bridgehead atoms. The van der Waals surface area contributed by atoms with Gasteiger partial charge in [0, 0.05) is 33.1 Å². The maximum Gasteiger partial charge on any atom is 0.231 e. The van der Waals surface area contributed by atoms with Gasteiger partial charge in [-0.1, -0.05) is 0 Å². The molecule has 1 amide bonds. The largest absolute Gasteiger partial charge is 0.384 e. The Morgan fingerprint density at radius 2 is 2.09 bits per heavy atom. The number of likely N-dealkylation sites (N-methyl/N-ethyl adjacent to an activating group) is 1. The van der Waals surface area contributed by atoms with E-state index in [0.717, 1.165) is 32.5 Å². The number of methoxy groups -OCH3 is 1. The van der Waals surface area contributed by atoms with Crippen molar-refractivity contribution in [2.45, 2.75) is 19.4 Å². The van der Waals surface area contributed by atoms with Crippen molar-refractivity contribution in [2.24, 2.45) is 5.41 Å². The summed E-state index contributed by atoms with van der Waals surface area (Å²) in [5.74, 6) is 0.188. The monoisotopic (exact) mass is 352 g/mol. The SMILES string of the molecule is COCC1(C(=O)N(C)CCn2cccn2)CCNCC1.Cl.Cl. The summed E-state index contributed by atoms with van der Waals surface area (Å²) in [6.07, 6.45) is 5.34. The van der Waals surface area contributed by atoms with Crippen LogP contribution in [0.5, 0.6) is 0 Å². The number of halogens is 2. The second-order valence-electron chi connectivity index (χ2n) is 5.46. The highest BCUT2D eigenvalue weighted by atomic mass is 35.5. The zero-order chi connectivity index (χ0) is 14.4. The van der Waals surface area contributed by atoms with Crippen molar-refractivity contribution in [3.63, 3.8) is 0 Å². The van der Waals surface area contributed by atoms with E-state index in [9.17, 15) is 4.79 Å². The summed E-state index contributed by atoms with van der Waals surface area (Å²) in [5, 5.41) is 7.46. The molecule has 1 aliphatic rings. The summed E-state index contributed by atoms with van der Waals surface area (Å²) in [6.45, 7) is 3.64. The molecule has 0 aliphatic carbocycles. The molecular formula is C14H26Cl2N4O2. The summed E-state index contributed by atoms with van der Waals surface area (Å²) < 4.78 is 7.16. The van der Waals surface area contributed by atoms with Crippen molar-refractivity contribution in [2.75, 3.05) is 40.4 Å². The van der Waals surface area contributed by atoms with Crippen molar-refractivity contribution in [1.29, 1.82) is 0 Å². The van der Waals surface area contributed by atoms with Gasteiger partial charge in [-0.2, -0.15) is 5.10 Å². The predicted octanol–water partition coefficient (Wildman–Crippen LogP) is 1.20. The number of amides is 1. The lowest BCUT2D eigenvalue weighted by Crippen LogP contribution is -2.51. The van der Waals surface area contributed by atoms with Crippen molar-refractivity contribution in [3.05, 3.63) is 18.5 Å². The van der Waals surface area contributed by atoms with Gasteiger partial charge in [-0.25, -0.2) is 0 Å². The topological polar surface area (TPSA) is 59.4 Å². The van der Waals surface area contributed by atoms with Gasteiger partial charge in [0.1, 0.15) is 0 Å². The van der Waals surface area contributed by atoms with Gasteiger partial charge >= 0.3 is 0 Å². The number of piperidine rings is 1. The van der Waals surface area contributed by atoms with Crippen LogP contribution in [0, 0.1) is 5.41 Å². The summed E-state index contributed by atoms with van der Waals surface area (Å²) in [6, 6.07) is 1.89. The molecular weight excluding hydrogens is 327 g/mol. The Labute approximate surface area is 144 Å². The summed E-state index contributed by atoms with van der Waals surface area (Å²) in [5.41, 5.74) is -0.362. The lowest BCUT2D eigenvalue weighted by molar-refractivity contribution is -0.146. The number of aromatic nitrogens is 2. The molecule has 128 valence electrons. The van der Waals surface area contributed by atoms with Gasteiger partial charge in [-0.05, 0) is 32.0 Å². The molecule has 8 heteroatoms. The van der Waals surface area contributed by atoms with Crippen LogP contribution in [-0.2, 0) is 16.1 Å². The van der Waals surface area contributed by atoms with Crippen LogP contribution in [0.2, 0.25) is 0 Å². The van der Waals surface area contributed by atoms with E-state index in [-0.39, 0.29) is 36.1 Å². The van der Waals surface area contributed by atoms with Crippen LogP contribution in [0.4, 0.5) is 0 Å². The quantitative estimate of drug-likeness (QED) is 0.835. The third-order valence-corrected chi connectivity index (χ3v) is 4.01. The van der Waals surface area contributed by atoms with Gasteiger partial charge in [0.15, 0.2) is 0 Å². The van der Waals surface area contributed by atoms with Gasteiger partial charge in [-0.15, -0.1) is 24.8 Å². The van der Waals surface area contributed by atoms with E-state index in [1.165, 1.54) is 0 Å². The smallest absolute Gasteiger partial charge is 0.231 e. The third kappa shape index (κ3) is 5.12. The highest BCUT2D eigenvalue weighted by molar-refractivity contribution is 5.85. The number of rotatable bonds is 6. The Kier molecular flexibility index (Phi) is 9.67. The van der Waals surface area contributed by atoms with E-state index >= 15 is 0 Å². The molecule has 1 aromatic rings. The zero-order valence-electron chi connectivity index (χ0n) is 13.2. The summed E-state index contributed by atoms with van der Waals surface area (Å²) in [7, 11) is 3.53. The van der Waals surface area contributed by atoms with E-state index in [2.05, 4.69) is 10.4 Å². The van der Waals surface area contributed by atoms with Gasteiger partial charge in [0.25, 0.3) is 0 Å². The average Bonchev–Trinajstić information content (AvgIpc) is 2.98. The first-order valence-electron chi connectivity index (χ1n) is 7.11. The Morgan fingerprint density at radius 3 is 2.64 bits per heavy atom. The lowest BCUT2D eigenvalue weighted by atomic mass is 9.78. The minimum absolute atomic E-state index is 0. The first-order chi connectivity index (χ1) is 9.68. The number of hydrogen-bond donors (Lipinski definition) is 1. The molecule has 1 saturated heterocycles. The Bertz CT molecular complexity index is 417. The van der Waals surface area contributed by atoms with Crippen LogP contribution in [0.1, 0.15) is 12.8 Å². The molecule has 0 radical (unpaired) electrons. The molecule has 22 heavy (non-hydrogen) atoms. The maximum atomic E-state index is 12.8. The molecule has 1 aliphatic heterocycles. The van der Waals surface area contributed by atoms with Gasteiger partial charge in [-0.3, -0.25) is 9.48 Å². The molecule has 0 saturated carbocycles. The molecule has 0 atom stereocenters. The molecule has 1 N–H and O–H groups in total. The van der Waals surface area contributed by atoms with Gasteiger partial charge in [0.2, 0.25) is 5.91 Å². The number of nitrogens with zero attached hydrogens (tertiary/aromatic N) is 3. The first kappa shape index (κ1) is 21.2. The van der Waals surface area contributed by atoms with Crippen LogP contribution in [0.3, 0.4) is 0 Å². The molecule has 0 spiro atoms. The fourth-order valence-corrected chi connectivity index (χ4v) is 2.79. The second-order valence-corrected chi connectivity index (χ2v) is 5.46. The zero-order valence-corrected chi connectivity index (χ0v) is 14.8. The van der Waals surface area contributed by atoms with Gasteiger partial charge in [0.05, 0.1) is 18.6 Å². The fourth-order valence-electron chi connectivity index (χ4n) is 2.79. The number of ether oxygens (including phenoxy) is 1. The second kappa shape index (κ2) is 10.0. The minimum Gasteiger partial charge on any atom is -0.384 e. The van der Waals surface area contributed by atoms with Crippen LogP contribution >= 0.6 is 24.8 Å². The lowest BCUT2D eigenvalue weighted by Gasteiger charge is -2.38. The molecule has 6 nitrogen and oxygen atoms in total. The number of carbonyl (C=O) groups excluding carboxylic acids is 1. The normalized spacial score (nSPS) is 16.3. The van der Waals surface area contributed by atoms with E-state index < -0.39 is 0 Å². The summed E-state index contributed by atoms with van der Waals surface area (Å²) in [4.78, 5) is 14.6. The van der Waals surface area contributed by atoms with Crippen LogP contribution in [-0.4, -0.2) is 61.0 Å². The Morgan fingerprint density at radius 1 is 1.41 bits per heavy atom. The van der Waals surface area contributed by atoms with E-state index in [4.69, 9.17) is 4.74 Å². The fraction of sp³-hybridized carbons (Fsp3) is 0.714. The van der Waals surface area contributed by atoms with E-state index in [1.807, 2.05) is 28.9 Å². The van der Waals surface area contributed by atoms with Crippen LogP contribution in [0.25, 0.3) is 0 Å². The highest BCUT2D eigenvalue weighted by Gasteiger charge is 2.41. The number of hydrogen-bond acceptors (Lipinski definition) is 4. The maximum absolute atomic E-state index is 12.8. The highest BCUT2D eigenvalue weighted by Crippen LogP contribution is 2.31. The number of carbonyl (C=O) groups is 1. The van der Waals surface area contributed by atoms with Crippen LogP contribution in [0.15, 0.2) is 18.5 Å². The molecule has 2 heterocycles. The van der Waals surface area contributed by atoms with Crippen molar-refractivity contribution >= 4 is 30.7 Å². The summed E-state index contributed by atoms with van der Waals surface area (Å²) >= 11 is 0. The molecule has 1 fully saturated rings. The minimum atomic E-state index is -0.362. The van der Waals surface area contributed by atoms with Crippen molar-refractivity contribution in [1.82, 2.24) is 20.0 Å². The Hall–Kier alpha value is -0.820. The third-order valence-electron chi connectivity index (χ3n) is 4.01. The Balaban J connectivity index is 0.00000220. The average molecular weight is 353 g/mol. The van der Waals surface area contributed by atoms with Crippen LogP contribution < -0.4 is 5.32 Å². The predicted molar refractivity (Wildman–Crippen MR) is 90.8 cm³/mol. The first-order valence-corrected chi connectivity index (χ1v) is 7.11. The molecule has 1 aromatic heterocycles. The van der Waals surface area contributed by atoms with Crippen molar-refractivity contribution < 1.29 is 9.53 Å². The van der Waals surface area contributed by atoms with E-state index in [0.29, 0.717) is 13.2 Å². The molecule has 2 rings (SSSR count). The van der Waals surface area contributed by atoms with E-state index in [1.54, 1.807) is 13.3 Å². The van der Waals surface area contributed by atoms with Gasteiger partial charge < -0.3 is 15.0 Å². The standard InChI is InChI=1S/C14H24N4O2.2ClH/c1-17(10-11-18-9-3-6-16-18)13(19)14(12-20-2)4-7-15-8-5-14;;/h3,6,9,15H,4-5,7-8,10-12H2,1-2H3;2*1H. The molecule has 0 unspecified atom stereocenters. The van der Waals surface area contributed by atoms with Crippen molar-refractivity contribution in [3.8, 4) is 0 Å². The number of nitrogens with one attached hydrogen (secondary N) is 1. The molecule has 0 aromatic carbocycles.